The van der Waals surface area contributed by atoms with Crippen LogP contribution < -0.4 is 0 Å². The number of alkyl halides is 3. The molecule has 2 saturated heterocycles. The van der Waals surface area contributed by atoms with Crippen LogP contribution in [0.1, 0.15) is 62.7 Å². The van der Waals surface area contributed by atoms with Gasteiger partial charge in [0, 0.05) is 17.7 Å². The average Bonchev–Trinajstić information content (AvgIpc) is 3.22. The molecular formula is C22H27F3N2O4S. The van der Waals surface area contributed by atoms with Gasteiger partial charge >= 0.3 is 6.18 Å². The molecular weight excluding hydrogens is 445 g/mol. The largest absolute Gasteiger partial charge is 0.434 e. The number of imidazole rings is 1. The highest BCUT2D eigenvalue weighted by Gasteiger charge is 2.54. The highest BCUT2D eigenvalue weighted by molar-refractivity contribution is 7.86. The number of halogens is 3. The maximum atomic E-state index is 13.3. The molecule has 5 rings (SSSR count). The zero-order chi connectivity index (χ0) is 23.4. The minimum absolute atomic E-state index is 0.0221. The molecule has 2 aromatic rings. The van der Waals surface area contributed by atoms with Crippen LogP contribution >= 0.6 is 0 Å². The molecule has 0 N–H and O–H groups in total. The molecule has 2 aliphatic heterocycles. The molecule has 0 unspecified atom stereocenters. The van der Waals surface area contributed by atoms with E-state index < -0.39 is 33.0 Å². The van der Waals surface area contributed by atoms with Crippen molar-refractivity contribution in [2.75, 3.05) is 13.2 Å². The van der Waals surface area contributed by atoms with Gasteiger partial charge in [0.05, 0.1) is 18.1 Å². The fraction of sp³-hybridized carbons (Fsp3) is 0.591. The summed E-state index contributed by atoms with van der Waals surface area (Å²) in [4.78, 5) is 4.03. The Labute approximate surface area is 185 Å². The van der Waals surface area contributed by atoms with Crippen LogP contribution in [0.3, 0.4) is 0 Å². The molecule has 0 radical (unpaired) electrons. The van der Waals surface area contributed by atoms with Crippen molar-refractivity contribution in [1.29, 1.82) is 0 Å². The molecule has 10 heteroatoms. The summed E-state index contributed by atoms with van der Waals surface area (Å²) in [6, 6.07) is 6.23. The van der Waals surface area contributed by atoms with Crippen LogP contribution in [-0.2, 0) is 30.8 Å². The van der Waals surface area contributed by atoms with Gasteiger partial charge in [-0.2, -0.15) is 21.6 Å². The van der Waals surface area contributed by atoms with E-state index in [1.165, 1.54) is 12.1 Å². The summed E-state index contributed by atoms with van der Waals surface area (Å²) in [5, 5.41) is 0. The Hall–Kier alpha value is -1.91. The van der Waals surface area contributed by atoms with E-state index in [-0.39, 0.29) is 24.2 Å². The summed E-state index contributed by atoms with van der Waals surface area (Å²) in [7, 11) is -3.90. The lowest BCUT2D eigenvalue weighted by Crippen LogP contribution is -2.52. The van der Waals surface area contributed by atoms with Crippen LogP contribution in [0.5, 0.6) is 0 Å². The SMILES string of the molecule is Cc1ccc(S(=O)(=O)OCC23CCC(c4nc(C(F)(F)F)cn4C(C)C)(CC2)OC3)cc1. The van der Waals surface area contributed by atoms with Crippen molar-refractivity contribution in [1.82, 2.24) is 9.55 Å². The zero-order valence-electron chi connectivity index (χ0n) is 18.3. The molecule has 1 aromatic heterocycles. The molecule has 32 heavy (non-hydrogen) atoms. The Bertz CT molecular complexity index is 1070. The molecule has 3 aliphatic rings. The summed E-state index contributed by atoms with van der Waals surface area (Å²) >= 11 is 0. The highest BCUT2D eigenvalue weighted by atomic mass is 32.2. The van der Waals surface area contributed by atoms with E-state index in [9.17, 15) is 21.6 Å². The number of aryl methyl sites for hydroxylation is 1. The molecule has 0 atom stereocenters. The second kappa shape index (κ2) is 7.85. The molecule has 6 nitrogen and oxygen atoms in total. The Balaban J connectivity index is 1.50. The number of nitrogens with zero attached hydrogens (tertiary/aromatic N) is 2. The minimum atomic E-state index is -4.53. The third-order valence-electron chi connectivity index (χ3n) is 6.59. The monoisotopic (exact) mass is 472 g/mol. The average molecular weight is 473 g/mol. The van der Waals surface area contributed by atoms with Gasteiger partial charge in [-0.3, -0.25) is 4.18 Å². The van der Waals surface area contributed by atoms with Gasteiger partial charge in [0.2, 0.25) is 0 Å². The first-order valence-electron chi connectivity index (χ1n) is 10.6. The maximum Gasteiger partial charge on any atom is 0.434 e. The predicted octanol–water partition coefficient (Wildman–Crippen LogP) is 4.98. The van der Waals surface area contributed by atoms with Gasteiger partial charge in [-0.15, -0.1) is 0 Å². The van der Waals surface area contributed by atoms with Gasteiger partial charge in [0.1, 0.15) is 11.4 Å². The number of hydrogen-bond acceptors (Lipinski definition) is 5. The third-order valence-corrected chi connectivity index (χ3v) is 7.87. The van der Waals surface area contributed by atoms with E-state index in [0.29, 0.717) is 31.5 Å². The standard InChI is InChI=1S/C22H27F3N2O4S/c1-15(2)27-12-18(22(23,24)25)26-19(27)21-10-8-20(9-11-21,13-30-21)14-31-32(28,29)17-6-4-16(3)5-7-17/h4-7,12,15H,8-11,13-14H2,1-3H3. The van der Waals surface area contributed by atoms with Crippen molar-refractivity contribution in [3.63, 3.8) is 0 Å². The van der Waals surface area contributed by atoms with Crippen molar-refractivity contribution < 1.29 is 30.5 Å². The number of aromatic nitrogens is 2. The molecule has 3 fully saturated rings. The van der Waals surface area contributed by atoms with E-state index >= 15 is 0 Å². The summed E-state index contributed by atoms with van der Waals surface area (Å²) in [5.41, 5.74) is -1.36. The number of ether oxygens (including phenoxy) is 1. The van der Waals surface area contributed by atoms with Crippen molar-refractivity contribution in [2.45, 2.75) is 69.2 Å². The van der Waals surface area contributed by atoms with Gasteiger partial charge < -0.3 is 9.30 Å². The van der Waals surface area contributed by atoms with Crippen LogP contribution in [0.4, 0.5) is 13.2 Å². The van der Waals surface area contributed by atoms with Crippen LogP contribution in [0.25, 0.3) is 0 Å². The Kier molecular flexibility index (Phi) is 5.70. The van der Waals surface area contributed by atoms with Gasteiger partial charge in [0.25, 0.3) is 10.1 Å². The third kappa shape index (κ3) is 4.20. The molecule has 176 valence electrons. The maximum absolute atomic E-state index is 13.3. The fourth-order valence-corrected chi connectivity index (χ4v) is 5.49. The lowest BCUT2D eigenvalue weighted by Gasteiger charge is -2.52. The van der Waals surface area contributed by atoms with Crippen LogP contribution in [-0.4, -0.2) is 31.2 Å². The van der Waals surface area contributed by atoms with Crippen molar-refractivity contribution in [3.05, 3.63) is 47.5 Å². The topological polar surface area (TPSA) is 70.4 Å². The van der Waals surface area contributed by atoms with E-state index in [2.05, 4.69) is 4.98 Å². The molecule has 1 aromatic carbocycles. The first-order chi connectivity index (χ1) is 14.9. The first-order valence-corrected chi connectivity index (χ1v) is 12.0. The predicted molar refractivity (Wildman–Crippen MR) is 110 cm³/mol. The summed E-state index contributed by atoms with van der Waals surface area (Å²) < 4.78 is 78.1. The number of rotatable bonds is 6. The molecule has 1 aliphatic carbocycles. The van der Waals surface area contributed by atoms with Crippen molar-refractivity contribution >= 4 is 10.1 Å². The molecule has 0 spiro atoms. The van der Waals surface area contributed by atoms with Gasteiger partial charge in [-0.25, -0.2) is 4.98 Å². The normalized spacial score (nSPS) is 26.1. The Morgan fingerprint density at radius 1 is 1.16 bits per heavy atom. The number of fused-ring (bicyclic) bond motifs is 3. The van der Waals surface area contributed by atoms with Crippen LogP contribution in [0.2, 0.25) is 0 Å². The van der Waals surface area contributed by atoms with E-state index in [1.54, 1.807) is 16.7 Å². The molecule has 1 saturated carbocycles. The highest BCUT2D eigenvalue weighted by Crippen LogP contribution is 2.54. The first kappa shape index (κ1) is 23.3. The van der Waals surface area contributed by atoms with Crippen molar-refractivity contribution in [3.8, 4) is 0 Å². The lowest BCUT2D eigenvalue weighted by atomic mass is 9.66. The molecule has 0 amide bonds. The zero-order valence-corrected chi connectivity index (χ0v) is 19.1. The van der Waals surface area contributed by atoms with E-state index in [4.69, 9.17) is 8.92 Å². The molecule has 2 bridgehead atoms. The second-order valence-corrected chi connectivity index (χ2v) is 10.9. The number of hydrogen-bond donors (Lipinski definition) is 0. The van der Waals surface area contributed by atoms with Gasteiger partial charge in [-0.1, -0.05) is 17.7 Å². The van der Waals surface area contributed by atoms with Crippen LogP contribution in [0, 0.1) is 12.3 Å². The van der Waals surface area contributed by atoms with Gasteiger partial charge in [0.15, 0.2) is 5.69 Å². The summed E-state index contributed by atoms with van der Waals surface area (Å²) in [5.74, 6) is 0.293. The smallest absolute Gasteiger partial charge is 0.366 e. The molecule has 3 heterocycles. The fourth-order valence-electron chi connectivity index (χ4n) is 4.47. The van der Waals surface area contributed by atoms with E-state index in [0.717, 1.165) is 11.8 Å². The van der Waals surface area contributed by atoms with E-state index in [1.807, 2.05) is 20.8 Å². The van der Waals surface area contributed by atoms with Gasteiger partial charge in [-0.05, 0) is 58.6 Å². The Morgan fingerprint density at radius 3 is 2.28 bits per heavy atom. The minimum Gasteiger partial charge on any atom is -0.366 e. The number of benzene rings is 1. The van der Waals surface area contributed by atoms with Crippen molar-refractivity contribution in [2.24, 2.45) is 5.41 Å². The quantitative estimate of drug-likeness (QED) is 0.555. The lowest BCUT2D eigenvalue weighted by molar-refractivity contribution is -0.202. The second-order valence-electron chi connectivity index (χ2n) is 9.26. The van der Waals surface area contributed by atoms with Crippen LogP contribution in [0.15, 0.2) is 35.4 Å². The Morgan fingerprint density at radius 2 is 1.78 bits per heavy atom. The summed E-state index contributed by atoms with van der Waals surface area (Å²) in [6.45, 7) is 5.67. The summed E-state index contributed by atoms with van der Waals surface area (Å²) in [6.07, 6.45) is -1.39.